The number of para-hydroxylation sites is 1. The summed E-state index contributed by atoms with van der Waals surface area (Å²) in [6.07, 6.45) is 0. The molecule has 0 fully saturated rings. The minimum absolute atomic E-state index is 0.259. The molecular weight excluding hydrogens is 298 g/mol. The average molecular weight is 308 g/mol. The van der Waals surface area contributed by atoms with E-state index in [2.05, 4.69) is 10.3 Å². The summed E-state index contributed by atoms with van der Waals surface area (Å²) in [5, 5.41) is 12.7. The van der Waals surface area contributed by atoms with Crippen molar-refractivity contribution in [3.8, 4) is 6.07 Å². The molecule has 0 bridgehead atoms. The second-order valence-electron chi connectivity index (χ2n) is 4.66. The van der Waals surface area contributed by atoms with Crippen molar-refractivity contribution in [3.05, 3.63) is 70.9 Å². The molecule has 0 saturated carbocycles. The van der Waals surface area contributed by atoms with E-state index in [9.17, 15) is 4.79 Å². The van der Waals surface area contributed by atoms with Crippen LogP contribution in [0.25, 0.3) is 10.9 Å². The van der Waals surface area contributed by atoms with Crippen molar-refractivity contribution < 1.29 is 4.79 Å². The molecule has 1 amide bonds. The number of carbonyl (C=O) groups excluding carboxylic acids is 1. The zero-order valence-corrected chi connectivity index (χ0v) is 12.1. The largest absolute Gasteiger partial charge is 0.322 e. The lowest BCUT2D eigenvalue weighted by molar-refractivity contribution is 0.102. The van der Waals surface area contributed by atoms with Gasteiger partial charge in [-0.2, -0.15) is 5.26 Å². The topological polar surface area (TPSA) is 65.8 Å². The quantitative estimate of drug-likeness (QED) is 0.727. The highest BCUT2D eigenvalue weighted by Crippen LogP contribution is 2.22. The van der Waals surface area contributed by atoms with Crippen LogP contribution in [-0.4, -0.2) is 10.9 Å². The van der Waals surface area contributed by atoms with Gasteiger partial charge in [0.1, 0.15) is 5.15 Å². The van der Waals surface area contributed by atoms with Crippen molar-refractivity contribution in [2.75, 3.05) is 5.32 Å². The van der Waals surface area contributed by atoms with Crippen molar-refractivity contribution in [1.82, 2.24) is 4.98 Å². The van der Waals surface area contributed by atoms with Crippen LogP contribution in [0.3, 0.4) is 0 Å². The van der Waals surface area contributed by atoms with Crippen LogP contribution >= 0.6 is 11.6 Å². The number of nitriles is 1. The Balaban J connectivity index is 2.00. The molecule has 2 aromatic carbocycles. The van der Waals surface area contributed by atoms with Gasteiger partial charge in [-0.1, -0.05) is 35.9 Å². The Morgan fingerprint density at radius 3 is 2.77 bits per heavy atom. The highest BCUT2D eigenvalue weighted by atomic mass is 35.5. The van der Waals surface area contributed by atoms with E-state index in [1.807, 2.05) is 24.3 Å². The van der Waals surface area contributed by atoms with Crippen LogP contribution in [0.2, 0.25) is 5.15 Å². The fraction of sp³-hybridized carbons (Fsp3) is 0. The van der Waals surface area contributed by atoms with E-state index in [1.54, 1.807) is 30.3 Å². The first-order chi connectivity index (χ1) is 10.7. The first kappa shape index (κ1) is 14.1. The number of halogens is 1. The lowest BCUT2D eigenvalue weighted by atomic mass is 10.1. The molecular formula is C17H10ClN3O. The first-order valence-corrected chi connectivity index (χ1v) is 6.92. The third-order valence-corrected chi connectivity index (χ3v) is 3.37. The van der Waals surface area contributed by atoms with Gasteiger partial charge in [0.2, 0.25) is 0 Å². The van der Waals surface area contributed by atoms with Gasteiger partial charge in [0, 0.05) is 11.1 Å². The third-order valence-electron chi connectivity index (χ3n) is 3.18. The molecule has 3 aromatic rings. The summed E-state index contributed by atoms with van der Waals surface area (Å²) in [5.41, 5.74) is 2.14. The Morgan fingerprint density at radius 1 is 1.14 bits per heavy atom. The van der Waals surface area contributed by atoms with E-state index in [0.29, 0.717) is 22.3 Å². The third kappa shape index (κ3) is 2.76. The Bertz CT molecular complexity index is 915. The number of rotatable bonds is 2. The summed E-state index contributed by atoms with van der Waals surface area (Å²) in [4.78, 5) is 16.7. The van der Waals surface area contributed by atoms with Crippen LogP contribution in [0.5, 0.6) is 0 Å². The van der Waals surface area contributed by atoms with Gasteiger partial charge in [-0.3, -0.25) is 4.79 Å². The van der Waals surface area contributed by atoms with E-state index in [0.717, 1.165) is 5.39 Å². The summed E-state index contributed by atoms with van der Waals surface area (Å²) in [7, 11) is 0. The number of nitrogens with zero attached hydrogens (tertiary/aromatic N) is 2. The Kier molecular flexibility index (Phi) is 3.73. The molecule has 0 aliphatic rings. The van der Waals surface area contributed by atoms with Gasteiger partial charge >= 0.3 is 0 Å². The fourth-order valence-corrected chi connectivity index (χ4v) is 2.40. The molecule has 0 spiro atoms. The number of amides is 1. The number of fused-ring (bicyclic) bond motifs is 1. The number of hydrogen-bond acceptors (Lipinski definition) is 3. The monoisotopic (exact) mass is 307 g/mol. The van der Waals surface area contributed by atoms with Crippen LogP contribution in [0.1, 0.15) is 15.9 Å². The summed E-state index contributed by atoms with van der Waals surface area (Å²) in [5.74, 6) is -0.296. The van der Waals surface area contributed by atoms with Crippen molar-refractivity contribution in [3.63, 3.8) is 0 Å². The number of benzene rings is 2. The van der Waals surface area contributed by atoms with E-state index in [4.69, 9.17) is 16.9 Å². The molecule has 106 valence electrons. The molecule has 0 radical (unpaired) electrons. The predicted molar refractivity (Wildman–Crippen MR) is 85.9 cm³/mol. The number of aromatic nitrogens is 1. The molecule has 0 aliphatic carbocycles. The van der Waals surface area contributed by atoms with Gasteiger partial charge in [0.15, 0.2) is 0 Å². The molecule has 0 atom stereocenters. The van der Waals surface area contributed by atoms with Crippen LogP contribution < -0.4 is 5.32 Å². The molecule has 1 N–H and O–H groups in total. The van der Waals surface area contributed by atoms with Crippen molar-refractivity contribution in [2.45, 2.75) is 0 Å². The summed E-state index contributed by atoms with van der Waals surface area (Å²) in [6, 6.07) is 17.6. The number of carbonyl (C=O) groups is 1. The van der Waals surface area contributed by atoms with Crippen LogP contribution in [-0.2, 0) is 0 Å². The SMILES string of the molecule is N#Cc1cccc(NC(=O)c2cc(Cl)nc3ccccc23)c1. The van der Waals surface area contributed by atoms with Gasteiger partial charge in [-0.25, -0.2) is 4.98 Å². The minimum atomic E-state index is -0.296. The van der Waals surface area contributed by atoms with Crippen LogP contribution in [0.4, 0.5) is 5.69 Å². The molecule has 5 heteroatoms. The van der Waals surface area contributed by atoms with E-state index >= 15 is 0 Å². The molecule has 22 heavy (non-hydrogen) atoms. The van der Waals surface area contributed by atoms with Crippen molar-refractivity contribution in [1.29, 1.82) is 5.26 Å². The Labute approximate surface area is 132 Å². The highest BCUT2D eigenvalue weighted by Gasteiger charge is 2.12. The van der Waals surface area contributed by atoms with Crippen molar-refractivity contribution in [2.24, 2.45) is 0 Å². The van der Waals surface area contributed by atoms with Gasteiger partial charge in [0.05, 0.1) is 22.7 Å². The maximum absolute atomic E-state index is 12.5. The van der Waals surface area contributed by atoms with Gasteiger partial charge in [-0.15, -0.1) is 0 Å². The molecule has 0 saturated heterocycles. The smallest absolute Gasteiger partial charge is 0.256 e. The minimum Gasteiger partial charge on any atom is -0.322 e. The Morgan fingerprint density at radius 2 is 1.95 bits per heavy atom. The van der Waals surface area contributed by atoms with Gasteiger partial charge in [0.25, 0.3) is 5.91 Å². The van der Waals surface area contributed by atoms with E-state index in [1.165, 1.54) is 6.07 Å². The Hall–Kier alpha value is -2.90. The maximum atomic E-state index is 12.5. The molecule has 1 aromatic heterocycles. The maximum Gasteiger partial charge on any atom is 0.256 e. The highest BCUT2D eigenvalue weighted by molar-refractivity contribution is 6.30. The van der Waals surface area contributed by atoms with Crippen LogP contribution in [0, 0.1) is 11.3 Å². The molecule has 4 nitrogen and oxygen atoms in total. The number of pyridine rings is 1. The van der Waals surface area contributed by atoms with Crippen molar-refractivity contribution >= 4 is 34.1 Å². The zero-order valence-electron chi connectivity index (χ0n) is 11.4. The molecule has 0 aliphatic heterocycles. The average Bonchev–Trinajstić information content (AvgIpc) is 2.54. The number of anilines is 1. The normalized spacial score (nSPS) is 10.2. The fourth-order valence-electron chi connectivity index (χ4n) is 2.20. The van der Waals surface area contributed by atoms with Gasteiger partial charge in [-0.05, 0) is 30.3 Å². The first-order valence-electron chi connectivity index (χ1n) is 6.54. The second-order valence-corrected chi connectivity index (χ2v) is 5.04. The summed E-state index contributed by atoms with van der Waals surface area (Å²) < 4.78 is 0. The zero-order chi connectivity index (χ0) is 15.5. The molecule has 0 unspecified atom stereocenters. The standard InChI is InChI=1S/C17H10ClN3O/c18-16-9-14(13-6-1-2-7-15(13)21-16)17(22)20-12-5-3-4-11(8-12)10-19/h1-9H,(H,20,22). The number of hydrogen-bond donors (Lipinski definition) is 1. The van der Waals surface area contributed by atoms with E-state index < -0.39 is 0 Å². The molecule has 3 rings (SSSR count). The predicted octanol–water partition coefficient (Wildman–Crippen LogP) is 4.01. The lowest BCUT2D eigenvalue weighted by Gasteiger charge is -2.08. The summed E-state index contributed by atoms with van der Waals surface area (Å²) in [6.45, 7) is 0. The summed E-state index contributed by atoms with van der Waals surface area (Å²) >= 11 is 5.98. The van der Waals surface area contributed by atoms with Crippen LogP contribution in [0.15, 0.2) is 54.6 Å². The van der Waals surface area contributed by atoms with Gasteiger partial charge < -0.3 is 5.32 Å². The van der Waals surface area contributed by atoms with E-state index in [-0.39, 0.29) is 11.1 Å². The lowest BCUT2D eigenvalue weighted by Crippen LogP contribution is -2.12. The molecule has 1 heterocycles. The second kappa shape index (κ2) is 5.84. The number of nitrogens with one attached hydrogen (secondary N) is 1.